The van der Waals surface area contributed by atoms with E-state index in [1.54, 1.807) is 12.1 Å². The van der Waals surface area contributed by atoms with Crippen LogP contribution in [-0.2, 0) is 11.2 Å². The molecule has 0 fully saturated rings. The third kappa shape index (κ3) is 4.49. The Hall–Kier alpha value is -2.48. The van der Waals surface area contributed by atoms with Gasteiger partial charge in [-0.25, -0.2) is 9.78 Å². The summed E-state index contributed by atoms with van der Waals surface area (Å²) in [4.78, 5) is 15.7. The van der Waals surface area contributed by atoms with Crippen LogP contribution in [-0.4, -0.2) is 38.5 Å². The molecular formula is C15H17N3O4S. The summed E-state index contributed by atoms with van der Waals surface area (Å²) >= 11 is 0.949. The van der Waals surface area contributed by atoms with Crippen molar-refractivity contribution in [2.45, 2.75) is 24.9 Å². The van der Waals surface area contributed by atoms with Crippen LogP contribution >= 0.6 is 11.8 Å². The Morgan fingerprint density at radius 3 is 2.87 bits per heavy atom. The van der Waals surface area contributed by atoms with Crippen LogP contribution < -0.4 is 4.74 Å². The number of nitrogens with one attached hydrogen (secondary N) is 1. The Balaban J connectivity index is 2.23. The summed E-state index contributed by atoms with van der Waals surface area (Å²) in [6.07, 6.45) is 3.13. The number of H-pyrrole nitrogens is 1. The van der Waals surface area contributed by atoms with Gasteiger partial charge in [-0.15, -0.1) is 5.10 Å². The molecular weight excluding hydrogens is 318 g/mol. The fourth-order valence-corrected chi connectivity index (χ4v) is 2.58. The summed E-state index contributed by atoms with van der Waals surface area (Å²) in [6.45, 7) is 2.02. The number of carboxylic acids is 1. The standard InChI is InChI=1S/C15H17N3O4S/c1-3-4-13-16-15(18-17-13)23-12(14(20)21)8-9-5-6-11(22-2)10(19)7-9/h5-8,19H,3-4H2,1-2H3,(H,20,21)(H,16,17,18)/b12-8-. The van der Waals surface area contributed by atoms with Gasteiger partial charge in [0.05, 0.1) is 7.11 Å². The molecule has 2 aromatic rings. The highest BCUT2D eigenvalue weighted by atomic mass is 32.2. The largest absolute Gasteiger partial charge is 0.504 e. The lowest BCUT2D eigenvalue weighted by Gasteiger charge is -2.04. The lowest BCUT2D eigenvalue weighted by molar-refractivity contribution is -0.131. The van der Waals surface area contributed by atoms with Crippen molar-refractivity contribution in [1.29, 1.82) is 0 Å². The first-order valence-electron chi connectivity index (χ1n) is 6.94. The number of nitrogens with zero attached hydrogens (tertiary/aromatic N) is 2. The van der Waals surface area contributed by atoms with Crippen LogP contribution in [0.5, 0.6) is 11.5 Å². The summed E-state index contributed by atoms with van der Waals surface area (Å²) < 4.78 is 4.96. The molecule has 2 rings (SSSR count). The minimum Gasteiger partial charge on any atom is -0.504 e. The number of aromatic hydroxyl groups is 1. The molecule has 0 bridgehead atoms. The molecule has 1 heterocycles. The Morgan fingerprint density at radius 2 is 2.26 bits per heavy atom. The van der Waals surface area contributed by atoms with Gasteiger partial charge in [0.25, 0.3) is 0 Å². The van der Waals surface area contributed by atoms with Gasteiger partial charge in [0.2, 0.25) is 5.16 Å². The molecule has 0 unspecified atom stereocenters. The third-order valence-electron chi connectivity index (χ3n) is 2.91. The molecule has 122 valence electrons. The van der Waals surface area contributed by atoms with E-state index >= 15 is 0 Å². The summed E-state index contributed by atoms with van der Waals surface area (Å²) in [6, 6.07) is 4.66. The Morgan fingerprint density at radius 1 is 1.48 bits per heavy atom. The monoisotopic (exact) mass is 335 g/mol. The second kappa shape index (κ2) is 7.68. The predicted molar refractivity (Wildman–Crippen MR) is 86.5 cm³/mol. The Labute approximate surface area is 137 Å². The quantitative estimate of drug-likeness (QED) is 0.527. The number of aliphatic carboxylic acids is 1. The zero-order valence-corrected chi connectivity index (χ0v) is 13.6. The topological polar surface area (TPSA) is 108 Å². The van der Waals surface area contributed by atoms with E-state index in [0.29, 0.717) is 16.5 Å². The zero-order valence-electron chi connectivity index (χ0n) is 12.7. The molecule has 23 heavy (non-hydrogen) atoms. The van der Waals surface area contributed by atoms with E-state index < -0.39 is 5.97 Å². The minimum absolute atomic E-state index is 0.0524. The first-order valence-corrected chi connectivity index (χ1v) is 7.76. The number of rotatable bonds is 7. The molecule has 0 aliphatic carbocycles. The van der Waals surface area contributed by atoms with Crippen molar-refractivity contribution >= 4 is 23.8 Å². The molecule has 0 amide bonds. The van der Waals surface area contributed by atoms with Gasteiger partial charge >= 0.3 is 5.97 Å². The Kier molecular flexibility index (Phi) is 5.64. The van der Waals surface area contributed by atoms with Crippen LogP contribution in [0.4, 0.5) is 0 Å². The van der Waals surface area contributed by atoms with Crippen molar-refractivity contribution < 1.29 is 19.7 Å². The molecule has 7 nitrogen and oxygen atoms in total. The van der Waals surface area contributed by atoms with Crippen LogP contribution in [0.25, 0.3) is 6.08 Å². The van der Waals surface area contributed by atoms with Crippen molar-refractivity contribution in [2.75, 3.05) is 7.11 Å². The highest BCUT2D eigenvalue weighted by Crippen LogP contribution is 2.30. The van der Waals surface area contributed by atoms with Gasteiger partial charge in [0.1, 0.15) is 10.7 Å². The van der Waals surface area contributed by atoms with Gasteiger partial charge in [-0.3, -0.25) is 5.10 Å². The lowest BCUT2D eigenvalue weighted by Crippen LogP contribution is -1.97. The number of ether oxygens (including phenoxy) is 1. The number of aryl methyl sites for hydroxylation is 1. The number of carboxylic acid groups (broad SMARTS) is 1. The van der Waals surface area contributed by atoms with Crippen LogP contribution in [0.1, 0.15) is 24.7 Å². The smallest absolute Gasteiger partial charge is 0.342 e. The second-order valence-corrected chi connectivity index (χ2v) is 5.67. The summed E-state index contributed by atoms with van der Waals surface area (Å²) in [5, 5.41) is 26.2. The molecule has 0 radical (unpaired) electrons. The fraction of sp³-hybridized carbons (Fsp3) is 0.267. The maximum Gasteiger partial charge on any atom is 0.342 e. The molecule has 0 aliphatic rings. The summed E-state index contributed by atoms with van der Waals surface area (Å²) in [5.41, 5.74) is 0.539. The molecule has 3 N–H and O–H groups in total. The molecule has 0 aliphatic heterocycles. The van der Waals surface area contributed by atoms with Crippen molar-refractivity contribution in [2.24, 2.45) is 0 Å². The number of aromatic nitrogens is 3. The van der Waals surface area contributed by atoms with Crippen LogP contribution in [0.3, 0.4) is 0 Å². The molecule has 1 aromatic heterocycles. The molecule has 0 atom stereocenters. The van der Waals surface area contributed by atoms with E-state index in [1.807, 2.05) is 6.92 Å². The van der Waals surface area contributed by atoms with Gasteiger partial charge in [0, 0.05) is 6.42 Å². The average molecular weight is 335 g/mol. The van der Waals surface area contributed by atoms with Gasteiger partial charge < -0.3 is 14.9 Å². The number of hydrogen-bond acceptors (Lipinski definition) is 6. The Bertz CT molecular complexity index is 727. The van der Waals surface area contributed by atoms with Gasteiger partial charge in [-0.2, -0.15) is 0 Å². The lowest BCUT2D eigenvalue weighted by atomic mass is 10.2. The van der Waals surface area contributed by atoms with Crippen LogP contribution in [0.2, 0.25) is 0 Å². The van der Waals surface area contributed by atoms with E-state index in [-0.39, 0.29) is 10.7 Å². The number of benzene rings is 1. The number of carbonyl (C=O) groups is 1. The van der Waals surface area contributed by atoms with Gasteiger partial charge in [-0.05, 0) is 42.0 Å². The first-order chi connectivity index (χ1) is 11.0. The SMILES string of the molecule is CCCc1nc(S/C(=C\c2ccc(OC)c(O)c2)C(=O)O)n[nH]1. The second-order valence-electron chi connectivity index (χ2n) is 4.66. The highest BCUT2D eigenvalue weighted by molar-refractivity contribution is 8.04. The van der Waals surface area contributed by atoms with Crippen molar-refractivity contribution in [1.82, 2.24) is 15.2 Å². The number of aromatic amines is 1. The third-order valence-corrected chi connectivity index (χ3v) is 3.79. The average Bonchev–Trinajstić information content (AvgIpc) is 2.94. The van der Waals surface area contributed by atoms with E-state index in [2.05, 4.69) is 15.2 Å². The maximum absolute atomic E-state index is 11.4. The summed E-state index contributed by atoms with van der Waals surface area (Å²) in [5.74, 6) is -0.0991. The van der Waals surface area contributed by atoms with Crippen molar-refractivity contribution in [3.8, 4) is 11.5 Å². The molecule has 0 spiro atoms. The van der Waals surface area contributed by atoms with E-state index in [4.69, 9.17) is 4.74 Å². The van der Waals surface area contributed by atoms with Gasteiger partial charge in [0.15, 0.2) is 11.5 Å². The van der Waals surface area contributed by atoms with Crippen LogP contribution in [0, 0.1) is 0 Å². The fourth-order valence-electron chi connectivity index (χ4n) is 1.85. The number of phenolic OH excluding ortho intramolecular Hbond substituents is 1. The molecule has 0 saturated heterocycles. The number of phenols is 1. The molecule has 0 saturated carbocycles. The minimum atomic E-state index is -1.09. The van der Waals surface area contributed by atoms with Crippen molar-refractivity contribution in [3.05, 3.63) is 34.5 Å². The number of hydrogen-bond donors (Lipinski definition) is 3. The highest BCUT2D eigenvalue weighted by Gasteiger charge is 2.14. The van der Waals surface area contributed by atoms with E-state index in [1.165, 1.54) is 19.3 Å². The molecule has 1 aromatic carbocycles. The normalized spacial score (nSPS) is 11.5. The van der Waals surface area contributed by atoms with Crippen LogP contribution in [0.15, 0.2) is 28.3 Å². The van der Waals surface area contributed by atoms with E-state index in [9.17, 15) is 15.0 Å². The predicted octanol–water partition coefficient (Wildman–Crippen LogP) is 2.69. The van der Waals surface area contributed by atoms with E-state index in [0.717, 1.165) is 30.4 Å². The first kappa shape index (κ1) is 16.9. The maximum atomic E-state index is 11.4. The van der Waals surface area contributed by atoms with Crippen molar-refractivity contribution in [3.63, 3.8) is 0 Å². The number of methoxy groups -OCH3 is 1. The van der Waals surface area contributed by atoms with Gasteiger partial charge in [-0.1, -0.05) is 13.0 Å². The summed E-state index contributed by atoms with van der Waals surface area (Å²) in [7, 11) is 1.44. The molecule has 8 heteroatoms. The zero-order chi connectivity index (χ0) is 16.8. The number of thioether (sulfide) groups is 1.